The van der Waals surface area contributed by atoms with E-state index < -0.39 is 0 Å². The van der Waals surface area contributed by atoms with Gasteiger partial charge in [-0.1, -0.05) is 6.92 Å². The van der Waals surface area contributed by atoms with E-state index in [0.717, 1.165) is 44.6 Å². The first-order valence-corrected chi connectivity index (χ1v) is 6.92. The van der Waals surface area contributed by atoms with Gasteiger partial charge in [0.25, 0.3) is 0 Å². The molecule has 1 atom stereocenters. The molecule has 0 amide bonds. The summed E-state index contributed by atoms with van der Waals surface area (Å²) in [6.07, 6.45) is 3.27. The molecule has 0 aliphatic carbocycles. The Bertz CT molecular complexity index is 461. The Balaban J connectivity index is 2.27. The number of hydrogen-bond acceptors (Lipinski definition) is 3. The maximum Gasteiger partial charge on any atom is 0.126 e. The van der Waals surface area contributed by atoms with Crippen LogP contribution in [0.1, 0.15) is 31.7 Å². The molecule has 19 heavy (non-hydrogen) atoms. The molecule has 0 saturated carbocycles. The van der Waals surface area contributed by atoms with Gasteiger partial charge in [0.05, 0.1) is 11.6 Å². The van der Waals surface area contributed by atoms with Crippen molar-refractivity contribution >= 4 is 5.69 Å². The van der Waals surface area contributed by atoms with Crippen molar-refractivity contribution < 1.29 is 4.39 Å². The highest BCUT2D eigenvalue weighted by molar-refractivity contribution is 5.53. The van der Waals surface area contributed by atoms with Gasteiger partial charge in [0.15, 0.2) is 0 Å². The van der Waals surface area contributed by atoms with Crippen molar-refractivity contribution in [2.24, 2.45) is 0 Å². The number of nitrogens with zero attached hydrogens (tertiary/aromatic N) is 2. The number of benzene rings is 1. The molecule has 1 aliphatic rings. The van der Waals surface area contributed by atoms with Gasteiger partial charge in [-0.05, 0) is 44.0 Å². The van der Waals surface area contributed by atoms with E-state index in [1.54, 1.807) is 6.07 Å². The standard InChI is InChI=1S/C15H20FN3/c1-2-6-19(14-4-3-5-18-11-14)15-8-12(10-17)7-13(16)9-15/h7-9,14,18H,2-6,11H2,1H3. The van der Waals surface area contributed by atoms with Crippen LogP contribution in [0.25, 0.3) is 0 Å². The number of nitrogens with one attached hydrogen (secondary N) is 1. The smallest absolute Gasteiger partial charge is 0.126 e. The monoisotopic (exact) mass is 261 g/mol. The lowest BCUT2D eigenvalue weighted by molar-refractivity contribution is 0.430. The largest absolute Gasteiger partial charge is 0.367 e. The van der Waals surface area contributed by atoms with Gasteiger partial charge in [-0.15, -0.1) is 0 Å². The van der Waals surface area contributed by atoms with Gasteiger partial charge in [-0.2, -0.15) is 5.26 Å². The Hall–Kier alpha value is -1.60. The normalized spacial score (nSPS) is 18.9. The highest BCUT2D eigenvalue weighted by atomic mass is 19.1. The molecule has 0 spiro atoms. The highest BCUT2D eigenvalue weighted by Gasteiger charge is 2.21. The zero-order valence-electron chi connectivity index (χ0n) is 11.3. The molecule has 1 aromatic rings. The minimum Gasteiger partial charge on any atom is -0.367 e. The Morgan fingerprint density at radius 1 is 1.47 bits per heavy atom. The van der Waals surface area contributed by atoms with E-state index in [2.05, 4.69) is 17.1 Å². The average Bonchev–Trinajstić information content (AvgIpc) is 2.45. The number of halogens is 1. The van der Waals surface area contributed by atoms with Gasteiger partial charge in [0.1, 0.15) is 5.82 Å². The van der Waals surface area contributed by atoms with Crippen LogP contribution < -0.4 is 10.2 Å². The fourth-order valence-electron chi connectivity index (χ4n) is 2.67. The van der Waals surface area contributed by atoms with Crippen molar-refractivity contribution in [2.45, 2.75) is 32.2 Å². The fourth-order valence-corrected chi connectivity index (χ4v) is 2.67. The summed E-state index contributed by atoms with van der Waals surface area (Å²) in [5.41, 5.74) is 1.21. The third-order valence-corrected chi connectivity index (χ3v) is 3.52. The quantitative estimate of drug-likeness (QED) is 0.905. The van der Waals surface area contributed by atoms with Crippen LogP contribution in [0.15, 0.2) is 18.2 Å². The second-order valence-corrected chi connectivity index (χ2v) is 5.00. The molecule has 1 unspecified atom stereocenters. The zero-order valence-corrected chi connectivity index (χ0v) is 11.3. The fraction of sp³-hybridized carbons (Fsp3) is 0.533. The number of rotatable bonds is 4. The van der Waals surface area contributed by atoms with Crippen LogP contribution in [0.4, 0.5) is 10.1 Å². The van der Waals surface area contributed by atoms with Crippen molar-refractivity contribution in [2.75, 3.05) is 24.5 Å². The first-order chi connectivity index (χ1) is 9.24. The van der Waals surface area contributed by atoms with Crippen molar-refractivity contribution in [3.05, 3.63) is 29.6 Å². The molecule has 1 aliphatic heterocycles. The Morgan fingerprint density at radius 3 is 2.95 bits per heavy atom. The lowest BCUT2D eigenvalue weighted by Crippen LogP contribution is -2.46. The molecule has 1 fully saturated rings. The first kappa shape index (κ1) is 13.8. The molecule has 2 rings (SSSR count). The summed E-state index contributed by atoms with van der Waals surface area (Å²) in [6.45, 7) is 5.00. The van der Waals surface area contributed by atoms with E-state index in [9.17, 15) is 4.39 Å². The van der Waals surface area contributed by atoms with Crippen LogP contribution in [0.2, 0.25) is 0 Å². The van der Waals surface area contributed by atoms with Gasteiger partial charge in [0.2, 0.25) is 0 Å². The van der Waals surface area contributed by atoms with Crippen molar-refractivity contribution in [3.8, 4) is 6.07 Å². The number of nitriles is 1. The molecule has 4 heteroatoms. The lowest BCUT2D eigenvalue weighted by Gasteiger charge is -2.36. The molecule has 1 saturated heterocycles. The Labute approximate surface area is 114 Å². The molecule has 1 heterocycles. The topological polar surface area (TPSA) is 39.1 Å². The SMILES string of the molecule is CCCN(c1cc(F)cc(C#N)c1)C1CCCNC1. The third-order valence-electron chi connectivity index (χ3n) is 3.52. The molecular weight excluding hydrogens is 241 g/mol. The summed E-state index contributed by atoms with van der Waals surface area (Å²) in [7, 11) is 0. The van der Waals surface area contributed by atoms with Crippen LogP contribution >= 0.6 is 0 Å². The Morgan fingerprint density at radius 2 is 2.32 bits per heavy atom. The predicted octanol–water partition coefficient (Wildman–Crippen LogP) is 2.67. The van der Waals surface area contributed by atoms with Crippen LogP contribution in [-0.4, -0.2) is 25.7 Å². The third kappa shape index (κ3) is 3.45. The average molecular weight is 261 g/mol. The van der Waals surface area contributed by atoms with E-state index in [0.29, 0.717) is 11.6 Å². The lowest BCUT2D eigenvalue weighted by atomic mass is 10.0. The van der Waals surface area contributed by atoms with Crippen LogP contribution in [0.5, 0.6) is 0 Å². The van der Waals surface area contributed by atoms with E-state index in [1.807, 2.05) is 6.07 Å². The van der Waals surface area contributed by atoms with Gasteiger partial charge in [0, 0.05) is 24.8 Å². The molecule has 1 N–H and O–H groups in total. The summed E-state index contributed by atoms with van der Waals surface area (Å²) < 4.78 is 13.6. The second-order valence-electron chi connectivity index (χ2n) is 5.00. The van der Waals surface area contributed by atoms with Crippen LogP contribution in [0.3, 0.4) is 0 Å². The number of hydrogen-bond donors (Lipinski definition) is 1. The maximum atomic E-state index is 13.6. The molecular formula is C15H20FN3. The van der Waals surface area contributed by atoms with Crippen molar-refractivity contribution in [1.82, 2.24) is 5.32 Å². The first-order valence-electron chi connectivity index (χ1n) is 6.92. The highest BCUT2D eigenvalue weighted by Crippen LogP contribution is 2.23. The van der Waals surface area contributed by atoms with Gasteiger partial charge < -0.3 is 10.2 Å². The van der Waals surface area contributed by atoms with Crippen LogP contribution in [0, 0.1) is 17.1 Å². The van der Waals surface area contributed by atoms with E-state index in [1.165, 1.54) is 12.1 Å². The number of piperidine rings is 1. The molecule has 1 aromatic carbocycles. The molecule has 0 radical (unpaired) electrons. The van der Waals surface area contributed by atoms with Crippen molar-refractivity contribution in [1.29, 1.82) is 5.26 Å². The summed E-state index contributed by atoms with van der Waals surface area (Å²) in [5, 5.41) is 12.3. The summed E-state index contributed by atoms with van der Waals surface area (Å²) in [5.74, 6) is -0.334. The maximum absolute atomic E-state index is 13.6. The zero-order chi connectivity index (χ0) is 13.7. The van der Waals surface area contributed by atoms with E-state index >= 15 is 0 Å². The second kappa shape index (κ2) is 6.53. The summed E-state index contributed by atoms with van der Waals surface area (Å²) in [4.78, 5) is 2.23. The summed E-state index contributed by atoms with van der Waals surface area (Å²) in [6, 6.07) is 7.02. The predicted molar refractivity (Wildman–Crippen MR) is 74.6 cm³/mol. The van der Waals surface area contributed by atoms with E-state index in [-0.39, 0.29) is 5.82 Å². The molecule has 0 bridgehead atoms. The molecule has 3 nitrogen and oxygen atoms in total. The number of anilines is 1. The minimum atomic E-state index is -0.334. The summed E-state index contributed by atoms with van der Waals surface area (Å²) >= 11 is 0. The van der Waals surface area contributed by atoms with Crippen LogP contribution in [-0.2, 0) is 0 Å². The van der Waals surface area contributed by atoms with Crippen molar-refractivity contribution in [3.63, 3.8) is 0 Å². The van der Waals surface area contributed by atoms with Gasteiger partial charge >= 0.3 is 0 Å². The van der Waals surface area contributed by atoms with Gasteiger partial charge in [-0.25, -0.2) is 4.39 Å². The Kier molecular flexibility index (Phi) is 4.75. The molecule has 0 aromatic heterocycles. The van der Waals surface area contributed by atoms with Gasteiger partial charge in [-0.3, -0.25) is 0 Å². The van der Waals surface area contributed by atoms with E-state index in [4.69, 9.17) is 5.26 Å². The molecule has 102 valence electrons. The minimum absolute atomic E-state index is 0.334.